The molecule has 0 aliphatic heterocycles. The smallest absolute Gasteiger partial charge is 0.334 e. The fourth-order valence-electron chi connectivity index (χ4n) is 1.43. The number of rotatable bonds is 8. The molecular formula is C11H23NO3Si. The van der Waals surface area contributed by atoms with Crippen LogP contribution in [0.25, 0.3) is 0 Å². The number of carbonyl (C=O) groups excluding carboxylic acids is 1. The van der Waals surface area contributed by atoms with Gasteiger partial charge in [-0.15, -0.1) is 0 Å². The molecule has 0 N–H and O–H groups in total. The van der Waals surface area contributed by atoms with E-state index in [0.717, 1.165) is 19.0 Å². The first-order valence-electron chi connectivity index (χ1n) is 5.54. The van der Waals surface area contributed by atoms with E-state index in [1.165, 1.54) is 6.08 Å². The molecule has 0 saturated heterocycles. The number of likely N-dealkylation sites (N-methyl/N-ethyl adjacent to an activating group) is 1. The van der Waals surface area contributed by atoms with Crippen LogP contribution in [0.4, 0.5) is 0 Å². The summed E-state index contributed by atoms with van der Waals surface area (Å²) in [7, 11) is 1.38. The predicted molar refractivity (Wildman–Crippen MR) is 67.5 cm³/mol. The third kappa shape index (κ3) is 4.91. The van der Waals surface area contributed by atoms with Crippen molar-refractivity contribution < 1.29 is 13.6 Å². The van der Waals surface area contributed by atoms with Crippen molar-refractivity contribution in [2.75, 3.05) is 27.3 Å². The van der Waals surface area contributed by atoms with Gasteiger partial charge in [-0.3, -0.25) is 4.79 Å². The summed E-state index contributed by atoms with van der Waals surface area (Å²) in [6.45, 7) is 8.92. The van der Waals surface area contributed by atoms with Gasteiger partial charge in [-0.05, 0) is 32.0 Å². The van der Waals surface area contributed by atoms with Crippen molar-refractivity contribution in [3.8, 4) is 0 Å². The van der Waals surface area contributed by atoms with Crippen LogP contribution in [0.1, 0.15) is 13.3 Å². The molecule has 5 heteroatoms. The van der Waals surface area contributed by atoms with Crippen LogP contribution < -0.4 is 0 Å². The molecular weight excluding hydrogens is 222 g/mol. The summed E-state index contributed by atoms with van der Waals surface area (Å²) in [4.78, 5) is 13.2. The zero-order chi connectivity index (χ0) is 12.6. The van der Waals surface area contributed by atoms with Crippen LogP contribution in [0.5, 0.6) is 0 Å². The maximum atomic E-state index is 11.4. The second-order valence-electron chi connectivity index (χ2n) is 3.77. The largest absolute Gasteiger partial charge is 0.398 e. The van der Waals surface area contributed by atoms with E-state index < -0.39 is 8.56 Å². The lowest BCUT2D eigenvalue weighted by molar-refractivity contribution is -0.125. The molecule has 0 bridgehead atoms. The van der Waals surface area contributed by atoms with Crippen LogP contribution in [0.3, 0.4) is 0 Å². The lowest BCUT2D eigenvalue weighted by atomic mass is 10.4. The maximum absolute atomic E-state index is 11.4. The Bertz CT molecular complexity index is 229. The molecule has 1 amide bonds. The Labute approximate surface area is 99.5 Å². The molecule has 0 unspecified atom stereocenters. The van der Waals surface area contributed by atoms with Gasteiger partial charge < -0.3 is 13.8 Å². The van der Waals surface area contributed by atoms with Gasteiger partial charge in [0.05, 0.1) is 0 Å². The van der Waals surface area contributed by atoms with E-state index in [9.17, 15) is 4.79 Å². The van der Waals surface area contributed by atoms with Crippen molar-refractivity contribution in [1.29, 1.82) is 0 Å². The van der Waals surface area contributed by atoms with E-state index in [2.05, 4.69) is 6.58 Å². The molecule has 0 radical (unpaired) electrons. The summed E-state index contributed by atoms with van der Waals surface area (Å²) in [6.07, 6.45) is 2.25. The SMILES string of the molecule is C=CC(=O)N(CC)CCC[Si](C)(OC)OC. The molecule has 0 saturated carbocycles. The summed E-state index contributed by atoms with van der Waals surface area (Å²) in [5, 5.41) is 0. The second-order valence-corrected chi connectivity index (χ2v) is 7.35. The Morgan fingerprint density at radius 3 is 2.38 bits per heavy atom. The van der Waals surface area contributed by atoms with Crippen LogP contribution in [0.2, 0.25) is 12.6 Å². The fraction of sp³-hybridized carbons (Fsp3) is 0.727. The fourth-order valence-corrected chi connectivity index (χ4v) is 2.81. The van der Waals surface area contributed by atoms with Gasteiger partial charge in [-0.2, -0.15) is 0 Å². The molecule has 0 heterocycles. The molecule has 0 rings (SSSR count). The minimum Gasteiger partial charge on any atom is -0.398 e. The van der Waals surface area contributed by atoms with Crippen LogP contribution in [-0.4, -0.2) is 46.7 Å². The lowest BCUT2D eigenvalue weighted by Gasteiger charge is -2.25. The highest BCUT2D eigenvalue weighted by Gasteiger charge is 2.28. The Balaban J connectivity index is 4.04. The average molecular weight is 245 g/mol. The highest BCUT2D eigenvalue weighted by molar-refractivity contribution is 6.65. The molecule has 0 aromatic rings. The van der Waals surface area contributed by atoms with Crippen LogP contribution in [0.15, 0.2) is 12.7 Å². The number of hydrogen-bond acceptors (Lipinski definition) is 3. The van der Waals surface area contributed by atoms with Gasteiger partial charge in [0.2, 0.25) is 5.91 Å². The molecule has 0 aliphatic rings. The first-order valence-corrected chi connectivity index (χ1v) is 8.07. The van der Waals surface area contributed by atoms with Crippen LogP contribution >= 0.6 is 0 Å². The number of carbonyl (C=O) groups is 1. The standard InChI is InChI=1S/C11H23NO3Si/c1-6-11(13)12(7-2)9-8-10-16(5,14-3)15-4/h6H,1,7-10H2,2-5H3. The van der Waals surface area contributed by atoms with E-state index in [0.29, 0.717) is 6.54 Å². The van der Waals surface area contributed by atoms with E-state index in [4.69, 9.17) is 8.85 Å². The van der Waals surface area contributed by atoms with Crippen molar-refractivity contribution in [3.63, 3.8) is 0 Å². The first kappa shape index (κ1) is 15.3. The van der Waals surface area contributed by atoms with Gasteiger partial charge in [0, 0.05) is 27.3 Å². The summed E-state index contributed by atoms with van der Waals surface area (Å²) >= 11 is 0. The van der Waals surface area contributed by atoms with Crippen molar-refractivity contribution in [1.82, 2.24) is 4.90 Å². The topological polar surface area (TPSA) is 38.8 Å². The van der Waals surface area contributed by atoms with E-state index in [1.54, 1.807) is 19.1 Å². The summed E-state index contributed by atoms with van der Waals surface area (Å²) in [6, 6.07) is 0.890. The normalized spacial score (nSPS) is 11.2. The van der Waals surface area contributed by atoms with Crippen LogP contribution in [0, 0.1) is 0 Å². The Morgan fingerprint density at radius 2 is 2.00 bits per heavy atom. The summed E-state index contributed by atoms with van der Waals surface area (Å²) in [5.74, 6) is -0.0132. The molecule has 0 fully saturated rings. The van der Waals surface area contributed by atoms with Gasteiger partial charge in [0.1, 0.15) is 0 Å². The second kappa shape index (κ2) is 7.59. The number of nitrogens with zero attached hydrogens (tertiary/aromatic N) is 1. The highest BCUT2D eigenvalue weighted by atomic mass is 28.4. The van der Waals surface area contributed by atoms with Gasteiger partial charge >= 0.3 is 8.56 Å². The molecule has 0 aromatic carbocycles. The molecule has 0 atom stereocenters. The maximum Gasteiger partial charge on any atom is 0.334 e. The Morgan fingerprint density at radius 1 is 1.44 bits per heavy atom. The third-order valence-corrected chi connectivity index (χ3v) is 5.78. The zero-order valence-corrected chi connectivity index (χ0v) is 11.8. The van der Waals surface area contributed by atoms with Crippen molar-refractivity contribution in [3.05, 3.63) is 12.7 Å². The minimum absolute atomic E-state index is 0.0132. The lowest BCUT2D eigenvalue weighted by Crippen LogP contribution is -2.38. The molecule has 0 aliphatic carbocycles. The van der Waals surface area contributed by atoms with Crippen LogP contribution in [-0.2, 0) is 13.6 Å². The number of hydrogen-bond donors (Lipinski definition) is 0. The van der Waals surface area contributed by atoms with Crippen molar-refractivity contribution in [2.45, 2.75) is 25.9 Å². The minimum atomic E-state index is -1.99. The molecule has 16 heavy (non-hydrogen) atoms. The first-order chi connectivity index (χ1) is 7.52. The average Bonchev–Trinajstić information content (AvgIpc) is 2.33. The zero-order valence-electron chi connectivity index (χ0n) is 10.8. The van der Waals surface area contributed by atoms with Crippen molar-refractivity contribution >= 4 is 14.5 Å². The van der Waals surface area contributed by atoms with E-state index in [1.807, 2.05) is 13.5 Å². The van der Waals surface area contributed by atoms with Gasteiger partial charge in [0.25, 0.3) is 0 Å². The molecule has 0 spiro atoms. The highest BCUT2D eigenvalue weighted by Crippen LogP contribution is 2.14. The quantitative estimate of drug-likeness (QED) is 0.483. The van der Waals surface area contributed by atoms with Gasteiger partial charge in [-0.1, -0.05) is 6.58 Å². The summed E-state index contributed by atoms with van der Waals surface area (Å²) in [5.41, 5.74) is 0. The molecule has 0 aromatic heterocycles. The third-order valence-electron chi connectivity index (χ3n) is 2.79. The monoisotopic (exact) mass is 245 g/mol. The Kier molecular flexibility index (Phi) is 7.28. The number of amides is 1. The molecule has 94 valence electrons. The predicted octanol–water partition coefficient (Wildman–Crippen LogP) is 1.78. The van der Waals surface area contributed by atoms with E-state index in [-0.39, 0.29) is 5.91 Å². The van der Waals surface area contributed by atoms with Gasteiger partial charge in [-0.25, -0.2) is 0 Å². The Hall–Kier alpha value is -0.653. The van der Waals surface area contributed by atoms with E-state index >= 15 is 0 Å². The van der Waals surface area contributed by atoms with Gasteiger partial charge in [0.15, 0.2) is 0 Å². The summed E-state index contributed by atoms with van der Waals surface area (Å²) < 4.78 is 10.8. The molecule has 4 nitrogen and oxygen atoms in total. The van der Waals surface area contributed by atoms with Crippen molar-refractivity contribution in [2.24, 2.45) is 0 Å².